The SMILES string of the molecule is CC(=O)O[C@@H]1[C@H](O)[C@H](O)OC[C@@H]1OC(C)=O. The first kappa shape index (κ1) is 12.9. The van der Waals surface area contributed by atoms with Crippen molar-refractivity contribution in [1.29, 1.82) is 0 Å². The molecular weight excluding hydrogens is 220 g/mol. The van der Waals surface area contributed by atoms with Crippen molar-refractivity contribution < 1.29 is 34.0 Å². The third-order valence-corrected chi connectivity index (χ3v) is 2.05. The van der Waals surface area contributed by atoms with Gasteiger partial charge in [-0.15, -0.1) is 0 Å². The lowest BCUT2D eigenvalue weighted by Crippen LogP contribution is -2.55. The van der Waals surface area contributed by atoms with E-state index in [0.29, 0.717) is 0 Å². The van der Waals surface area contributed by atoms with E-state index in [4.69, 9.17) is 14.2 Å². The Morgan fingerprint density at radius 3 is 2.25 bits per heavy atom. The Kier molecular flexibility index (Phi) is 4.22. The molecule has 1 fully saturated rings. The van der Waals surface area contributed by atoms with Crippen LogP contribution in [0.2, 0.25) is 0 Å². The monoisotopic (exact) mass is 234 g/mol. The van der Waals surface area contributed by atoms with Crippen molar-refractivity contribution in [2.24, 2.45) is 0 Å². The molecule has 92 valence electrons. The highest BCUT2D eigenvalue weighted by Crippen LogP contribution is 2.19. The Balaban J connectivity index is 2.72. The summed E-state index contributed by atoms with van der Waals surface area (Å²) in [6, 6.07) is 0. The van der Waals surface area contributed by atoms with Crippen LogP contribution in [0.4, 0.5) is 0 Å². The smallest absolute Gasteiger partial charge is 0.303 e. The molecular formula is C9H14O7. The Hall–Kier alpha value is -1.18. The molecule has 0 bridgehead atoms. The normalized spacial score (nSPS) is 34.2. The molecule has 0 aromatic carbocycles. The zero-order valence-corrected chi connectivity index (χ0v) is 8.95. The second kappa shape index (κ2) is 5.24. The van der Waals surface area contributed by atoms with Gasteiger partial charge < -0.3 is 24.4 Å². The van der Waals surface area contributed by atoms with Crippen molar-refractivity contribution in [2.45, 2.75) is 38.4 Å². The van der Waals surface area contributed by atoms with Crippen molar-refractivity contribution in [2.75, 3.05) is 6.61 Å². The Labute approximate surface area is 91.9 Å². The molecule has 1 heterocycles. The van der Waals surface area contributed by atoms with Crippen LogP contribution in [0.1, 0.15) is 13.8 Å². The lowest BCUT2D eigenvalue weighted by molar-refractivity contribution is -0.261. The summed E-state index contributed by atoms with van der Waals surface area (Å²) >= 11 is 0. The van der Waals surface area contributed by atoms with Gasteiger partial charge in [0.2, 0.25) is 0 Å². The van der Waals surface area contributed by atoms with Gasteiger partial charge in [-0.3, -0.25) is 9.59 Å². The predicted octanol–water partition coefficient (Wildman–Crippen LogP) is -1.44. The molecule has 4 atom stereocenters. The Bertz CT molecular complexity index is 277. The first-order chi connectivity index (χ1) is 7.41. The summed E-state index contributed by atoms with van der Waals surface area (Å²) in [4.78, 5) is 21.6. The molecule has 0 aromatic rings. The summed E-state index contributed by atoms with van der Waals surface area (Å²) in [7, 11) is 0. The lowest BCUT2D eigenvalue weighted by atomic mass is 10.1. The predicted molar refractivity (Wildman–Crippen MR) is 49.1 cm³/mol. The molecule has 7 nitrogen and oxygen atoms in total. The van der Waals surface area contributed by atoms with E-state index in [9.17, 15) is 19.8 Å². The van der Waals surface area contributed by atoms with Crippen LogP contribution in [-0.4, -0.2) is 53.4 Å². The Morgan fingerprint density at radius 1 is 1.19 bits per heavy atom. The molecule has 0 aromatic heterocycles. The number of hydrogen-bond acceptors (Lipinski definition) is 7. The Morgan fingerprint density at radius 2 is 1.75 bits per heavy atom. The highest BCUT2D eigenvalue weighted by molar-refractivity contribution is 5.67. The maximum atomic E-state index is 10.8. The van der Waals surface area contributed by atoms with Gasteiger partial charge in [-0.2, -0.15) is 0 Å². The van der Waals surface area contributed by atoms with Crippen LogP contribution < -0.4 is 0 Å². The van der Waals surface area contributed by atoms with Crippen LogP contribution in [0.15, 0.2) is 0 Å². The van der Waals surface area contributed by atoms with Gasteiger partial charge in [0.05, 0.1) is 6.61 Å². The van der Waals surface area contributed by atoms with Crippen LogP contribution in [0.3, 0.4) is 0 Å². The van der Waals surface area contributed by atoms with Crippen molar-refractivity contribution in [3.8, 4) is 0 Å². The molecule has 2 N–H and O–H groups in total. The van der Waals surface area contributed by atoms with Crippen molar-refractivity contribution in [3.05, 3.63) is 0 Å². The van der Waals surface area contributed by atoms with Crippen LogP contribution in [0, 0.1) is 0 Å². The average molecular weight is 234 g/mol. The van der Waals surface area contributed by atoms with Gasteiger partial charge in [0, 0.05) is 13.8 Å². The number of esters is 2. The van der Waals surface area contributed by atoms with E-state index in [0.717, 1.165) is 6.92 Å². The first-order valence-electron chi connectivity index (χ1n) is 4.74. The highest BCUT2D eigenvalue weighted by Gasteiger charge is 2.42. The number of carbonyl (C=O) groups is 2. The fourth-order valence-electron chi connectivity index (χ4n) is 1.42. The molecule has 1 rings (SSSR count). The van der Waals surface area contributed by atoms with E-state index >= 15 is 0 Å². The van der Waals surface area contributed by atoms with Gasteiger partial charge in [-0.05, 0) is 0 Å². The molecule has 0 spiro atoms. The maximum absolute atomic E-state index is 10.8. The number of rotatable bonds is 2. The molecule has 1 aliphatic rings. The van der Waals surface area contributed by atoms with E-state index < -0.39 is 36.5 Å². The summed E-state index contributed by atoms with van der Waals surface area (Å²) < 4.78 is 14.3. The molecule has 0 unspecified atom stereocenters. The number of aliphatic hydroxyl groups is 2. The highest BCUT2D eigenvalue weighted by atomic mass is 16.7. The van der Waals surface area contributed by atoms with Gasteiger partial charge in [0.25, 0.3) is 0 Å². The van der Waals surface area contributed by atoms with E-state index in [1.165, 1.54) is 6.92 Å². The van der Waals surface area contributed by atoms with E-state index in [1.807, 2.05) is 0 Å². The zero-order chi connectivity index (χ0) is 12.3. The fraction of sp³-hybridized carbons (Fsp3) is 0.778. The average Bonchev–Trinajstić information content (AvgIpc) is 2.16. The van der Waals surface area contributed by atoms with Crippen LogP contribution in [0.5, 0.6) is 0 Å². The topological polar surface area (TPSA) is 102 Å². The maximum Gasteiger partial charge on any atom is 0.303 e. The van der Waals surface area contributed by atoms with Crippen molar-refractivity contribution in [1.82, 2.24) is 0 Å². The van der Waals surface area contributed by atoms with E-state index in [1.54, 1.807) is 0 Å². The fourth-order valence-corrected chi connectivity index (χ4v) is 1.42. The van der Waals surface area contributed by atoms with Crippen LogP contribution in [-0.2, 0) is 23.8 Å². The standard InChI is InChI=1S/C9H14O7/c1-4(10)15-6-3-14-9(13)7(12)8(6)16-5(2)11/h6-9,12-13H,3H2,1-2H3/t6-,7-,8-,9+/m0/s1. The second-order valence-corrected chi connectivity index (χ2v) is 3.44. The molecule has 0 aliphatic carbocycles. The largest absolute Gasteiger partial charge is 0.456 e. The summed E-state index contributed by atoms with van der Waals surface area (Å²) in [6.45, 7) is 2.19. The molecule has 7 heteroatoms. The van der Waals surface area contributed by atoms with Gasteiger partial charge in [-0.1, -0.05) is 0 Å². The summed E-state index contributed by atoms with van der Waals surface area (Å²) in [6.07, 6.45) is -4.94. The summed E-state index contributed by atoms with van der Waals surface area (Å²) in [5.41, 5.74) is 0. The van der Waals surface area contributed by atoms with Gasteiger partial charge in [0.1, 0.15) is 6.10 Å². The lowest BCUT2D eigenvalue weighted by Gasteiger charge is -2.36. The molecule has 1 saturated heterocycles. The number of hydrogen-bond donors (Lipinski definition) is 2. The molecule has 0 saturated carbocycles. The minimum absolute atomic E-state index is 0.143. The number of aliphatic hydroxyl groups excluding tert-OH is 2. The summed E-state index contributed by atoms with van der Waals surface area (Å²) in [5, 5.41) is 18.7. The first-order valence-corrected chi connectivity index (χ1v) is 4.74. The van der Waals surface area contributed by atoms with Crippen LogP contribution >= 0.6 is 0 Å². The quantitative estimate of drug-likeness (QED) is 0.564. The third-order valence-electron chi connectivity index (χ3n) is 2.05. The minimum atomic E-state index is -1.46. The van der Waals surface area contributed by atoms with Gasteiger partial charge >= 0.3 is 11.9 Å². The van der Waals surface area contributed by atoms with E-state index in [2.05, 4.69) is 0 Å². The second-order valence-electron chi connectivity index (χ2n) is 3.44. The van der Waals surface area contributed by atoms with Crippen molar-refractivity contribution in [3.63, 3.8) is 0 Å². The number of carbonyl (C=O) groups excluding carboxylic acids is 2. The molecule has 0 amide bonds. The number of ether oxygens (including phenoxy) is 3. The molecule has 0 radical (unpaired) electrons. The third kappa shape index (κ3) is 3.16. The zero-order valence-electron chi connectivity index (χ0n) is 8.95. The molecule has 16 heavy (non-hydrogen) atoms. The van der Waals surface area contributed by atoms with Crippen LogP contribution in [0.25, 0.3) is 0 Å². The van der Waals surface area contributed by atoms with E-state index in [-0.39, 0.29) is 6.61 Å². The van der Waals surface area contributed by atoms with Crippen molar-refractivity contribution >= 4 is 11.9 Å². The minimum Gasteiger partial charge on any atom is -0.456 e. The molecule has 1 aliphatic heterocycles. The summed E-state index contributed by atoms with van der Waals surface area (Å²) in [5.74, 6) is -1.23. The van der Waals surface area contributed by atoms with Gasteiger partial charge in [0.15, 0.2) is 18.5 Å². The van der Waals surface area contributed by atoms with Gasteiger partial charge in [-0.25, -0.2) is 0 Å².